The Morgan fingerprint density at radius 1 is 1.07 bits per heavy atom. The standard InChI is InChI=1S/C13H27N/c1-10-11(14(6)7)8-12(2,3)9-13(10,4)5/h10-11H,8-9H2,1-7H3. The monoisotopic (exact) mass is 197 g/mol. The van der Waals surface area contributed by atoms with Gasteiger partial charge in [0.1, 0.15) is 0 Å². The van der Waals surface area contributed by atoms with Crippen LogP contribution in [0.4, 0.5) is 0 Å². The highest BCUT2D eigenvalue weighted by molar-refractivity contribution is 4.96. The fourth-order valence-electron chi connectivity index (χ4n) is 3.36. The van der Waals surface area contributed by atoms with Gasteiger partial charge in [-0.15, -0.1) is 0 Å². The maximum Gasteiger partial charge on any atom is 0.0125 e. The molecule has 0 aliphatic heterocycles. The third-order valence-electron chi connectivity index (χ3n) is 4.17. The van der Waals surface area contributed by atoms with Gasteiger partial charge in [-0.2, -0.15) is 0 Å². The number of hydrogen-bond acceptors (Lipinski definition) is 1. The van der Waals surface area contributed by atoms with Crippen molar-refractivity contribution in [2.45, 2.75) is 53.5 Å². The molecule has 1 aliphatic carbocycles. The summed E-state index contributed by atoms with van der Waals surface area (Å²) in [5.74, 6) is 0.797. The van der Waals surface area contributed by atoms with Crippen molar-refractivity contribution in [2.24, 2.45) is 16.7 Å². The summed E-state index contributed by atoms with van der Waals surface area (Å²) >= 11 is 0. The van der Waals surface area contributed by atoms with Gasteiger partial charge in [0.2, 0.25) is 0 Å². The first kappa shape index (κ1) is 12.0. The summed E-state index contributed by atoms with van der Waals surface area (Å²) in [6.07, 6.45) is 2.69. The fraction of sp³-hybridized carbons (Fsp3) is 1.00. The molecule has 84 valence electrons. The minimum atomic E-state index is 0.483. The first-order chi connectivity index (χ1) is 6.16. The highest BCUT2D eigenvalue weighted by Crippen LogP contribution is 2.49. The van der Waals surface area contributed by atoms with E-state index in [1.54, 1.807) is 0 Å². The van der Waals surface area contributed by atoms with Crippen LogP contribution >= 0.6 is 0 Å². The molecule has 2 unspecified atom stereocenters. The Morgan fingerprint density at radius 3 is 2.00 bits per heavy atom. The van der Waals surface area contributed by atoms with Gasteiger partial charge in [0.15, 0.2) is 0 Å². The van der Waals surface area contributed by atoms with Gasteiger partial charge in [0, 0.05) is 6.04 Å². The average Bonchev–Trinajstić information content (AvgIpc) is 1.94. The first-order valence-corrected chi connectivity index (χ1v) is 5.82. The Balaban J connectivity index is 2.88. The molecule has 1 aliphatic rings. The maximum atomic E-state index is 2.43. The molecule has 0 N–H and O–H groups in total. The largest absolute Gasteiger partial charge is 0.306 e. The third-order valence-corrected chi connectivity index (χ3v) is 4.17. The molecule has 0 aromatic heterocycles. The lowest BCUT2D eigenvalue weighted by Crippen LogP contribution is -2.49. The molecule has 0 aromatic carbocycles. The van der Waals surface area contributed by atoms with Crippen molar-refractivity contribution in [1.82, 2.24) is 4.90 Å². The van der Waals surface area contributed by atoms with Gasteiger partial charge < -0.3 is 4.90 Å². The van der Waals surface area contributed by atoms with E-state index in [4.69, 9.17) is 0 Å². The Morgan fingerprint density at radius 2 is 1.57 bits per heavy atom. The molecule has 0 spiro atoms. The number of hydrogen-bond donors (Lipinski definition) is 0. The van der Waals surface area contributed by atoms with Crippen molar-refractivity contribution < 1.29 is 0 Å². The topological polar surface area (TPSA) is 3.24 Å². The second kappa shape index (κ2) is 3.52. The molecule has 0 saturated heterocycles. The highest BCUT2D eigenvalue weighted by atomic mass is 15.1. The van der Waals surface area contributed by atoms with Gasteiger partial charge >= 0.3 is 0 Å². The highest BCUT2D eigenvalue weighted by Gasteiger charge is 2.44. The zero-order valence-electron chi connectivity index (χ0n) is 11.0. The van der Waals surface area contributed by atoms with Crippen LogP contribution < -0.4 is 0 Å². The minimum absolute atomic E-state index is 0.483. The van der Waals surface area contributed by atoms with Crippen molar-refractivity contribution in [3.8, 4) is 0 Å². The average molecular weight is 197 g/mol. The lowest BCUT2D eigenvalue weighted by atomic mass is 9.58. The van der Waals surface area contributed by atoms with Crippen LogP contribution in [0.1, 0.15) is 47.5 Å². The molecular formula is C13H27N. The van der Waals surface area contributed by atoms with Crippen LogP contribution in [-0.2, 0) is 0 Å². The molecule has 1 saturated carbocycles. The molecule has 14 heavy (non-hydrogen) atoms. The molecule has 0 bridgehead atoms. The Bertz CT molecular complexity index is 203. The fourth-order valence-corrected chi connectivity index (χ4v) is 3.36. The Labute approximate surface area is 89.9 Å². The molecule has 0 radical (unpaired) electrons. The zero-order chi connectivity index (χ0) is 11.1. The van der Waals surface area contributed by atoms with Crippen LogP contribution in [0.3, 0.4) is 0 Å². The van der Waals surface area contributed by atoms with Gasteiger partial charge in [-0.3, -0.25) is 0 Å². The van der Waals surface area contributed by atoms with Crippen molar-refractivity contribution in [3.63, 3.8) is 0 Å². The van der Waals surface area contributed by atoms with E-state index < -0.39 is 0 Å². The third kappa shape index (κ3) is 2.31. The molecular weight excluding hydrogens is 170 g/mol. The van der Waals surface area contributed by atoms with E-state index in [9.17, 15) is 0 Å². The molecule has 0 aromatic rings. The van der Waals surface area contributed by atoms with Crippen LogP contribution in [0.2, 0.25) is 0 Å². The second-order valence-corrected chi connectivity index (χ2v) is 6.85. The Kier molecular flexibility index (Phi) is 3.02. The van der Waals surface area contributed by atoms with E-state index in [2.05, 4.69) is 53.6 Å². The summed E-state index contributed by atoms with van der Waals surface area (Å²) in [6, 6.07) is 0.744. The van der Waals surface area contributed by atoms with Crippen molar-refractivity contribution in [1.29, 1.82) is 0 Å². The van der Waals surface area contributed by atoms with Gasteiger partial charge in [-0.1, -0.05) is 34.6 Å². The first-order valence-electron chi connectivity index (χ1n) is 5.82. The van der Waals surface area contributed by atoms with E-state index in [1.165, 1.54) is 12.8 Å². The molecule has 1 nitrogen and oxygen atoms in total. The summed E-state index contributed by atoms with van der Waals surface area (Å²) < 4.78 is 0. The predicted molar refractivity (Wildman–Crippen MR) is 63.4 cm³/mol. The van der Waals surface area contributed by atoms with E-state index >= 15 is 0 Å². The summed E-state index contributed by atoms with van der Waals surface area (Å²) in [4.78, 5) is 2.41. The van der Waals surface area contributed by atoms with Gasteiger partial charge in [-0.05, 0) is 43.7 Å². The summed E-state index contributed by atoms with van der Waals surface area (Å²) in [6.45, 7) is 12.1. The number of nitrogens with zero attached hydrogens (tertiary/aromatic N) is 1. The molecule has 1 rings (SSSR count). The van der Waals surface area contributed by atoms with Crippen LogP contribution in [0.15, 0.2) is 0 Å². The van der Waals surface area contributed by atoms with E-state index in [1.807, 2.05) is 0 Å². The van der Waals surface area contributed by atoms with Crippen LogP contribution in [0, 0.1) is 16.7 Å². The van der Waals surface area contributed by atoms with Crippen LogP contribution in [0.25, 0.3) is 0 Å². The normalized spacial score (nSPS) is 36.0. The predicted octanol–water partition coefficient (Wildman–Crippen LogP) is 3.40. The lowest BCUT2D eigenvalue weighted by Gasteiger charge is -2.51. The lowest BCUT2D eigenvalue weighted by molar-refractivity contribution is -0.0102. The van der Waals surface area contributed by atoms with Gasteiger partial charge in [0.05, 0.1) is 0 Å². The molecule has 0 heterocycles. The summed E-state index contributed by atoms with van der Waals surface area (Å²) in [5.41, 5.74) is 0.988. The number of rotatable bonds is 1. The quantitative estimate of drug-likeness (QED) is 0.623. The maximum absolute atomic E-state index is 2.43. The molecule has 1 heteroatoms. The van der Waals surface area contributed by atoms with Crippen LogP contribution in [0.5, 0.6) is 0 Å². The van der Waals surface area contributed by atoms with E-state index in [-0.39, 0.29) is 0 Å². The van der Waals surface area contributed by atoms with Crippen LogP contribution in [-0.4, -0.2) is 25.0 Å². The summed E-state index contributed by atoms with van der Waals surface area (Å²) in [5, 5.41) is 0. The van der Waals surface area contributed by atoms with Gasteiger partial charge in [0.25, 0.3) is 0 Å². The molecule has 1 fully saturated rings. The zero-order valence-corrected chi connectivity index (χ0v) is 11.0. The Hall–Kier alpha value is -0.0400. The van der Waals surface area contributed by atoms with Crippen molar-refractivity contribution in [3.05, 3.63) is 0 Å². The smallest absolute Gasteiger partial charge is 0.0125 e. The second-order valence-electron chi connectivity index (χ2n) is 6.85. The minimum Gasteiger partial charge on any atom is -0.306 e. The van der Waals surface area contributed by atoms with Crippen molar-refractivity contribution in [2.75, 3.05) is 14.1 Å². The van der Waals surface area contributed by atoms with E-state index in [0.29, 0.717) is 10.8 Å². The summed E-state index contributed by atoms with van der Waals surface area (Å²) in [7, 11) is 4.44. The van der Waals surface area contributed by atoms with Crippen molar-refractivity contribution >= 4 is 0 Å². The van der Waals surface area contributed by atoms with Gasteiger partial charge in [-0.25, -0.2) is 0 Å². The van der Waals surface area contributed by atoms with E-state index in [0.717, 1.165) is 12.0 Å². The molecule has 0 amide bonds. The molecule has 2 atom stereocenters. The SMILES string of the molecule is CC1C(N(C)C)CC(C)(C)CC1(C)C.